The minimum Gasteiger partial charge on any atom is -0.368 e. The highest BCUT2D eigenvalue weighted by Gasteiger charge is 2.27. The van der Waals surface area contributed by atoms with E-state index in [0.717, 1.165) is 13.0 Å². The minimum absolute atomic E-state index is 0.396. The van der Waals surface area contributed by atoms with Crippen LogP contribution in [-0.4, -0.2) is 21.0 Å². The normalized spacial score (nSPS) is 16.7. The van der Waals surface area contributed by atoms with Gasteiger partial charge in [-0.1, -0.05) is 51.0 Å². The zero-order valence-electron chi connectivity index (χ0n) is 15.8. The molecule has 0 saturated heterocycles. The maximum Gasteiger partial charge on any atom is 0.206 e. The van der Waals surface area contributed by atoms with Gasteiger partial charge in [-0.15, -0.1) is 0 Å². The molecule has 0 bridgehead atoms. The maximum atomic E-state index is 13.0. The van der Waals surface area contributed by atoms with Crippen molar-refractivity contribution in [2.45, 2.75) is 63.3 Å². The third-order valence-corrected chi connectivity index (χ3v) is 7.05. The molecule has 0 N–H and O–H groups in total. The number of fused-ring (bicyclic) bond motifs is 1. The first-order valence-corrected chi connectivity index (χ1v) is 11.2. The SMILES string of the molecule is CCCC(CCC)N1CCc2cc(S(=O)(=O)C3=CCC=CC=C3)ccc21. The largest absolute Gasteiger partial charge is 0.368 e. The summed E-state index contributed by atoms with van der Waals surface area (Å²) in [6, 6.07) is 6.26. The molecule has 0 aromatic heterocycles. The van der Waals surface area contributed by atoms with E-state index in [0.29, 0.717) is 22.3 Å². The molecule has 0 amide bonds. The monoisotopic (exact) mass is 371 g/mol. The molecule has 1 aliphatic heterocycles. The summed E-state index contributed by atoms with van der Waals surface area (Å²) < 4.78 is 26.0. The predicted molar refractivity (Wildman–Crippen MR) is 109 cm³/mol. The molecule has 1 aliphatic carbocycles. The van der Waals surface area contributed by atoms with Crippen LogP contribution in [0, 0.1) is 0 Å². The van der Waals surface area contributed by atoms with Crippen LogP contribution in [0.5, 0.6) is 0 Å². The van der Waals surface area contributed by atoms with Crippen molar-refractivity contribution >= 4 is 15.5 Å². The standard InChI is InChI=1S/C22H29NO2S/c1-3-9-19(10-4-2)23-16-15-18-17-21(13-14-22(18)23)26(24,25)20-11-7-5-6-8-12-20/h5-7,11-14,17,19H,3-4,8-10,15-16H2,1-2H3. The Morgan fingerprint density at radius 2 is 1.88 bits per heavy atom. The summed E-state index contributed by atoms with van der Waals surface area (Å²) in [6.07, 6.45) is 15.4. The van der Waals surface area contributed by atoms with Gasteiger partial charge in [0, 0.05) is 18.3 Å². The van der Waals surface area contributed by atoms with Crippen molar-refractivity contribution in [2.24, 2.45) is 0 Å². The van der Waals surface area contributed by atoms with Gasteiger partial charge in [-0.25, -0.2) is 8.42 Å². The second-order valence-corrected chi connectivity index (χ2v) is 9.05. The zero-order chi connectivity index (χ0) is 18.6. The van der Waals surface area contributed by atoms with E-state index in [1.54, 1.807) is 24.3 Å². The van der Waals surface area contributed by atoms with Crippen molar-refractivity contribution in [3.63, 3.8) is 0 Å². The molecule has 3 rings (SSSR count). The van der Waals surface area contributed by atoms with E-state index in [4.69, 9.17) is 0 Å². The molecule has 1 aromatic rings. The van der Waals surface area contributed by atoms with Crippen LogP contribution < -0.4 is 4.90 Å². The first kappa shape index (κ1) is 19.0. The second-order valence-electron chi connectivity index (χ2n) is 7.10. The van der Waals surface area contributed by atoms with Gasteiger partial charge >= 0.3 is 0 Å². The fraction of sp³-hybridized carbons (Fsp3) is 0.455. The summed E-state index contributed by atoms with van der Waals surface area (Å²) in [5.41, 5.74) is 2.39. The summed E-state index contributed by atoms with van der Waals surface area (Å²) in [6.45, 7) is 5.46. The predicted octanol–water partition coefficient (Wildman–Crippen LogP) is 5.19. The number of allylic oxidation sites excluding steroid dienone is 5. The quantitative estimate of drug-likeness (QED) is 0.662. The molecule has 1 aromatic carbocycles. The lowest BCUT2D eigenvalue weighted by Gasteiger charge is -2.30. The molecule has 1 heterocycles. The third-order valence-electron chi connectivity index (χ3n) is 5.25. The van der Waals surface area contributed by atoms with Crippen molar-refractivity contribution in [3.8, 4) is 0 Å². The highest BCUT2D eigenvalue weighted by Crippen LogP contribution is 2.35. The number of anilines is 1. The van der Waals surface area contributed by atoms with Crippen LogP contribution in [0.4, 0.5) is 5.69 Å². The van der Waals surface area contributed by atoms with Gasteiger partial charge in [0.05, 0.1) is 9.80 Å². The minimum atomic E-state index is -3.45. The Morgan fingerprint density at radius 3 is 2.62 bits per heavy atom. The molecular weight excluding hydrogens is 342 g/mol. The van der Waals surface area contributed by atoms with Crippen LogP contribution >= 0.6 is 0 Å². The molecule has 0 radical (unpaired) electrons. The van der Waals surface area contributed by atoms with Crippen LogP contribution in [0.2, 0.25) is 0 Å². The van der Waals surface area contributed by atoms with Crippen molar-refractivity contribution in [3.05, 3.63) is 59.0 Å². The van der Waals surface area contributed by atoms with Gasteiger partial charge in [-0.2, -0.15) is 0 Å². The van der Waals surface area contributed by atoms with E-state index in [1.807, 2.05) is 24.3 Å². The Hall–Kier alpha value is -1.81. The maximum absolute atomic E-state index is 13.0. The van der Waals surface area contributed by atoms with Crippen molar-refractivity contribution < 1.29 is 8.42 Å². The van der Waals surface area contributed by atoms with E-state index in [1.165, 1.54) is 36.9 Å². The molecule has 140 valence electrons. The van der Waals surface area contributed by atoms with Gasteiger partial charge in [0.1, 0.15) is 0 Å². The summed E-state index contributed by atoms with van der Waals surface area (Å²) in [4.78, 5) is 3.30. The van der Waals surface area contributed by atoms with Crippen LogP contribution in [0.3, 0.4) is 0 Å². The topological polar surface area (TPSA) is 37.4 Å². The van der Waals surface area contributed by atoms with E-state index in [-0.39, 0.29) is 0 Å². The molecule has 3 nitrogen and oxygen atoms in total. The molecule has 2 aliphatic rings. The molecule has 0 spiro atoms. The molecule has 0 atom stereocenters. The lowest BCUT2D eigenvalue weighted by atomic mass is 10.0. The Balaban J connectivity index is 1.89. The lowest BCUT2D eigenvalue weighted by Crippen LogP contribution is -2.33. The molecule has 0 unspecified atom stereocenters. The van der Waals surface area contributed by atoms with Gasteiger partial charge in [0.25, 0.3) is 0 Å². The highest BCUT2D eigenvalue weighted by atomic mass is 32.2. The van der Waals surface area contributed by atoms with Crippen LogP contribution in [0.25, 0.3) is 0 Å². The molecule has 4 heteroatoms. The molecular formula is C22H29NO2S. The molecule has 0 fully saturated rings. The van der Waals surface area contributed by atoms with Crippen molar-refractivity contribution in [2.75, 3.05) is 11.4 Å². The molecule has 0 saturated carbocycles. The van der Waals surface area contributed by atoms with Gasteiger partial charge in [0.2, 0.25) is 9.84 Å². The fourth-order valence-electron chi connectivity index (χ4n) is 3.97. The summed E-state index contributed by atoms with van der Waals surface area (Å²) in [5.74, 6) is 0. The highest BCUT2D eigenvalue weighted by molar-refractivity contribution is 7.95. The van der Waals surface area contributed by atoms with Crippen LogP contribution in [0.15, 0.2) is 58.4 Å². The Labute approximate surface area is 158 Å². The Bertz CT molecular complexity index is 828. The van der Waals surface area contributed by atoms with Gasteiger partial charge in [-0.05, 0) is 55.5 Å². The summed E-state index contributed by atoms with van der Waals surface area (Å²) >= 11 is 0. The smallest absolute Gasteiger partial charge is 0.206 e. The Kier molecular flexibility index (Phi) is 6.02. The fourth-order valence-corrected chi connectivity index (χ4v) is 5.36. The zero-order valence-corrected chi connectivity index (χ0v) is 16.6. The van der Waals surface area contributed by atoms with Crippen molar-refractivity contribution in [1.29, 1.82) is 0 Å². The van der Waals surface area contributed by atoms with Gasteiger partial charge in [-0.3, -0.25) is 0 Å². The van der Waals surface area contributed by atoms with E-state index in [2.05, 4.69) is 18.7 Å². The number of benzene rings is 1. The van der Waals surface area contributed by atoms with Crippen LogP contribution in [0.1, 0.15) is 51.5 Å². The number of hydrogen-bond acceptors (Lipinski definition) is 3. The summed E-state index contributed by atoms with van der Waals surface area (Å²) in [7, 11) is -3.45. The van der Waals surface area contributed by atoms with Gasteiger partial charge < -0.3 is 4.90 Å². The first-order chi connectivity index (χ1) is 12.6. The second kappa shape index (κ2) is 8.26. The van der Waals surface area contributed by atoms with Gasteiger partial charge in [0.15, 0.2) is 0 Å². The average molecular weight is 372 g/mol. The number of sulfone groups is 1. The third kappa shape index (κ3) is 3.80. The average Bonchev–Trinajstić information content (AvgIpc) is 2.85. The van der Waals surface area contributed by atoms with E-state index < -0.39 is 9.84 Å². The summed E-state index contributed by atoms with van der Waals surface area (Å²) in [5, 5.41) is 0. The molecule has 26 heavy (non-hydrogen) atoms. The number of nitrogens with zero attached hydrogens (tertiary/aromatic N) is 1. The number of hydrogen-bond donors (Lipinski definition) is 0. The Morgan fingerprint density at radius 1 is 1.12 bits per heavy atom. The first-order valence-electron chi connectivity index (χ1n) is 9.76. The van der Waals surface area contributed by atoms with E-state index in [9.17, 15) is 8.42 Å². The number of rotatable bonds is 7. The van der Waals surface area contributed by atoms with E-state index >= 15 is 0 Å². The van der Waals surface area contributed by atoms with Crippen LogP contribution in [-0.2, 0) is 16.3 Å². The van der Waals surface area contributed by atoms with Crippen molar-refractivity contribution in [1.82, 2.24) is 0 Å². The lowest BCUT2D eigenvalue weighted by molar-refractivity contribution is 0.514.